The van der Waals surface area contributed by atoms with Gasteiger partial charge in [0.2, 0.25) is 5.91 Å². The van der Waals surface area contributed by atoms with Crippen LogP contribution in [0.3, 0.4) is 0 Å². The molecule has 0 fully saturated rings. The molecule has 164 valence electrons. The average Bonchev–Trinajstić information content (AvgIpc) is 2.68. The zero-order valence-corrected chi connectivity index (χ0v) is 19.9. The first kappa shape index (κ1) is 27.0. The van der Waals surface area contributed by atoms with Crippen LogP contribution in [0.2, 0.25) is 0 Å². The SMILES string of the molecule is CCN(CC)C(=O)CN(C)C(=NCc1ccc([N+](=O)[O-])cc1)NCCCOC.I. The molecule has 0 aliphatic heterocycles. The van der Waals surface area contributed by atoms with Crippen LogP contribution >= 0.6 is 24.0 Å². The third kappa shape index (κ3) is 9.88. The molecule has 1 aromatic carbocycles. The molecule has 10 heteroatoms. The average molecular weight is 521 g/mol. The van der Waals surface area contributed by atoms with Crippen molar-refractivity contribution in [3.05, 3.63) is 39.9 Å². The molecule has 0 bridgehead atoms. The number of halogens is 1. The smallest absolute Gasteiger partial charge is 0.269 e. The molecule has 1 aromatic rings. The molecule has 0 saturated heterocycles. The summed E-state index contributed by atoms with van der Waals surface area (Å²) >= 11 is 0. The Morgan fingerprint density at radius 2 is 1.86 bits per heavy atom. The number of ether oxygens (including phenoxy) is 1. The highest BCUT2D eigenvalue weighted by Crippen LogP contribution is 2.12. The summed E-state index contributed by atoms with van der Waals surface area (Å²) in [4.78, 5) is 30.9. The molecule has 1 rings (SSSR count). The van der Waals surface area contributed by atoms with Crippen LogP contribution in [0.4, 0.5) is 5.69 Å². The number of nitro groups is 1. The summed E-state index contributed by atoms with van der Waals surface area (Å²) in [6.45, 7) is 7.11. The van der Waals surface area contributed by atoms with Crippen LogP contribution in [0.15, 0.2) is 29.3 Å². The maximum absolute atomic E-state index is 12.4. The lowest BCUT2D eigenvalue weighted by atomic mass is 10.2. The minimum Gasteiger partial charge on any atom is -0.385 e. The predicted octanol–water partition coefficient (Wildman–Crippen LogP) is 2.50. The fraction of sp³-hybridized carbons (Fsp3) is 0.579. The highest BCUT2D eigenvalue weighted by atomic mass is 127. The third-order valence-corrected chi connectivity index (χ3v) is 4.22. The number of likely N-dealkylation sites (N-methyl/N-ethyl adjacent to an activating group) is 2. The number of benzene rings is 1. The van der Waals surface area contributed by atoms with Crippen LogP contribution in [0.5, 0.6) is 0 Å². The molecule has 0 atom stereocenters. The number of rotatable bonds is 11. The Bertz CT molecular complexity index is 651. The molecule has 1 N–H and O–H groups in total. The Kier molecular flexibility index (Phi) is 14.0. The van der Waals surface area contributed by atoms with Gasteiger partial charge in [0.15, 0.2) is 5.96 Å². The van der Waals surface area contributed by atoms with E-state index in [-0.39, 0.29) is 42.1 Å². The number of hydrogen-bond acceptors (Lipinski definition) is 5. The summed E-state index contributed by atoms with van der Waals surface area (Å²) in [6.07, 6.45) is 0.810. The van der Waals surface area contributed by atoms with Gasteiger partial charge < -0.3 is 19.9 Å². The number of carbonyl (C=O) groups excluding carboxylic acids is 1. The molecule has 9 nitrogen and oxygen atoms in total. The highest BCUT2D eigenvalue weighted by molar-refractivity contribution is 14.0. The minimum atomic E-state index is -0.428. The molecule has 0 aliphatic rings. The number of methoxy groups -OCH3 is 1. The van der Waals surface area contributed by atoms with E-state index in [1.165, 1.54) is 12.1 Å². The quantitative estimate of drug-likeness (QED) is 0.120. The molecule has 1 amide bonds. The van der Waals surface area contributed by atoms with E-state index < -0.39 is 4.92 Å². The van der Waals surface area contributed by atoms with Crippen molar-refractivity contribution in [2.45, 2.75) is 26.8 Å². The van der Waals surface area contributed by atoms with Crippen LogP contribution in [0, 0.1) is 10.1 Å². The number of guanidine groups is 1. The number of carbonyl (C=O) groups is 1. The van der Waals surface area contributed by atoms with Crippen LogP contribution in [0.25, 0.3) is 0 Å². The van der Waals surface area contributed by atoms with E-state index in [1.807, 2.05) is 20.9 Å². The number of nitrogens with zero attached hydrogens (tertiary/aromatic N) is 4. The van der Waals surface area contributed by atoms with E-state index in [4.69, 9.17) is 4.74 Å². The van der Waals surface area contributed by atoms with E-state index in [1.54, 1.807) is 29.0 Å². The largest absolute Gasteiger partial charge is 0.385 e. The summed E-state index contributed by atoms with van der Waals surface area (Å²) in [5.74, 6) is 0.643. The molecular formula is C19H32IN5O4. The monoisotopic (exact) mass is 521 g/mol. The second-order valence-corrected chi connectivity index (χ2v) is 6.26. The van der Waals surface area contributed by atoms with Gasteiger partial charge in [0.1, 0.15) is 0 Å². The summed E-state index contributed by atoms with van der Waals surface area (Å²) in [6, 6.07) is 6.30. The van der Waals surface area contributed by atoms with Crippen molar-refractivity contribution in [1.29, 1.82) is 0 Å². The van der Waals surface area contributed by atoms with E-state index in [2.05, 4.69) is 10.3 Å². The van der Waals surface area contributed by atoms with Gasteiger partial charge in [-0.1, -0.05) is 12.1 Å². The van der Waals surface area contributed by atoms with Gasteiger partial charge >= 0.3 is 0 Å². The third-order valence-electron chi connectivity index (χ3n) is 4.22. The molecule has 0 unspecified atom stereocenters. The number of non-ortho nitro benzene ring substituents is 1. The lowest BCUT2D eigenvalue weighted by Crippen LogP contribution is -2.46. The zero-order valence-electron chi connectivity index (χ0n) is 17.6. The standard InChI is InChI=1S/C19H31N5O4.HI/c1-5-23(6-2)18(25)15-22(3)19(20-12-7-13-28-4)21-14-16-8-10-17(11-9-16)24(26)27;/h8-11H,5-7,12-15H2,1-4H3,(H,20,21);1H. The van der Waals surface area contributed by atoms with Gasteiger partial charge in [0, 0.05) is 52.5 Å². The fourth-order valence-electron chi connectivity index (χ4n) is 2.57. The number of aliphatic imine (C=N–C) groups is 1. The van der Waals surface area contributed by atoms with Crippen molar-refractivity contribution in [3.8, 4) is 0 Å². The van der Waals surface area contributed by atoms with Crippen molar-refractivity contribution in [2.24, 2.45) is 4.99 Å². The Morgan fingerprint density at radius 1 is 1.24 bits per heavy atom. The maximum Gasteiger partial charge on any atom is 0.269 e. The minimum absolute atomic E-state index is 0. The van der Waals surface area contributed by atoms with Gasteiger partial charge in [-0.05, 0) is 25.8 Å². The Hall–Kier alpha value is -1.95. The summed E-state index contributed by atoms with van der Waals surface area (Å²) in [5.41, 5.74) is 0.901. The molecule has 0 aromatic heterocycles. The fourth-order valence-corrected chi connectivity index (χ4v) is 2.57. The Labute approximate surface area is 189 Å². The molecular weight excluding hydrogens is 489 g/mol. The normalized spacial score (nSPS) is 10.8. The first-order valence-corrected chi connectivity index (χ1v) is 9.42. The first-order chi connectivity index (χ1) is 13.4. The van der Waals surface area contributed by atoms with E-state index in [9.17, 15) is 14.9 Å². The van der Waals surface area contributed by atoms with Crippen LogP contribution in [0.1, 0.15) is 25.8 Å². The van der Waals surface area contributed by atoms with Crippen molar-refractivity contribution < 1.29 is 14.5 Å². The molecule has 29 heavy (non-hydrogen) atoms. The van der Waals surface area contributed by atoms with Gasteiger partial charge in [0.05, 0.1) is 18.0 Å². The zero-order chi connectivity index (χ0) is 20.9. The lowest BCUT2D eigenvalue weighted by Gasteiger charge is -2.26. The van der Waals surface area contributed by atoms with Crippen molar-refractivity contribution in [2.75, 3.05) is 46.9 Å². The number of hydrogen-bond donors (Lipinski definition) is 1. The number of amides is 1. The molecule has 0 aliphatic carbocycles. The molecule has 0 saturated carbocycles. The Balaban J connectivity index is 0.00000784. The van der Waals surface area contributed by atoms with Crippen molar-refractivity contribution in [3.63, 3.8) is 0 Å². The van der Waals surface area contributed by atoms with E-state index in [0.29, 0.717) is 38.7 Å². The van der Waals surface area contributed by atoms with Crippen molar-refractivity contribution >= 4 is 41.5 Å². The summed E-state index contributed by atoms with van der Waals surface area (Å²) < 4.78 is 5.06. The van der Waals surface area contributed by atoms with E-state index >= 15 is 0 Å². The number of nitrogens with one attached hydrogen (secondary N) is 1. The van der Waals surface area contributed by atoms with E-state index in [0.717, 1.165) is 12.0 Å². The highest BCUT2D eigenvalue weighted by Gasteiger charge is 2.15. The van der Waals surface area contributed by atoms with Crippen LogP contribution in [-0.2, 0) is 16.1 Å². The van der Waals surface area contributed by atoms with Gasteiger partial charge in [-0.3, -0.25) is 14.9 Å². The second kappa shape index (κ2) is 15.0. The first-order valence-electron chi connectivity index (χ1n) is 9.42. The Morgan fingerprint density at radius 3 is 2.38 bits per heavy atom. The van der Waals surface area contributed by atoms with Gasteiger partial charge in [0.25, 0.3) is 5.69 Å². The van der Waals surface area contributed by atoms with Gasteiger partial charge in [-0.2, -0.15) is 0 Å². The van der Waals surface area contributed by atoms with Gasteiger partial charge in [-0.15, -0.1) is 24.0 Å². The topological polar surface area (TPSA) is 100 Å². The summed E-state index contributed by atoms with van der Waals surface area (Å²) in [7, 11) is 3.47. The molecule has 0 spiro atoms. The molecule has 0 radical (unpaired) electrons. The van der Waals surface area contributed by atoms with Gasteiger partial charge in [-0.25, -0.2) is 4.99 Å². The molecule has 0 heterocycles. The van der Waals surface area contributed by atoms with Crippen LogP contribution in [-0.4, -0.2) is 73.5 Å². The predicted molar refractivity (Wildman–Crippen MR) is 125 cm³/mol. The van der Waals surface area contributed by atoms with Crippen LogP contribution < -0.4 is 5.32 Å². The van der Waals surface area contributed by atoms with Crippen molar-refractivity contribution in [1.82, 2.24) is 15.1 Å². The number of nitro benzene ring substituents is 1. The summed E-state index contributed by atoms with van der Waals surface area (Å²) in [5, 5.41) is 14.0. The second-order valence-electron chi connectivity index (χ2n) is 6.26. The lowest BCUT2D eigenvalue weighted by molar-refractivity contribution is -0.384. The maximum atomic E-state index is 12.4.